The van der Waals surface area contributed by atoms with Gasteiger partial charge in [-0.3, -0.25) is 18.6 Å². The smallest absolute Gasteiger partial charge is 0.472 e. The van der Waals surface area contributed by atoms with Crippen LogP contribution in [0.1, 0.15) is 277 Å². The summed E-state index contributed by atoms with van der Waals surface area (Å²) in [4.78, 5) is 46.2. The minimum absolute atomic E-state index is 0.150. The van der Waals surface area contributed by atoms with Crippen LogP contribution in [0.25, 0.3) is 0 Å². The lowest BCUT2D eigenvalue weighted by Gasteiger charge is -2.18. The Balaban J connectivity index is 3.77. The molecule has 0 heterocycles. The summed E-state index contributed by atoms with van der Waals surface area (Å²) in [5, 5.41) is 22.0. The van der Waals surface area contributed by atoms with Gasteiger partial charge in [0, 0.05) is 12.8 Å². The molecule has 0 fully saturated rings. The molecule has 0 aliphatic rings. The Kier molecular flexibility index (Phi) is 47.3. The van der Waals surface area contributed by atoms with E-state index in [1.807, 2.05) is 0 Å². The molecule has 0 aromatic rings. The number of aliphatic hydroxyl groups is 1. The van der Waals surface area contributed by atoms with Crippen molar-refractivity contribution in [2.24, 2.45) is 0 Å². The van der Waals surface area contributed by atoms with Crippen LogP contribution in [0.3, 0.4) is 0 Å². The number of esters is 1. The first-order valence-electron chi connectivity index (χ1n) is 27.2. The van der Waals surface area contributed by atoms with E-state index in [4.69, 9.17) is 13.8 Å². The highest BCUT2D eigenvalue weighted by Gasteiger charge is 2.28. The Morgan fingerprint density at radius 3 is 1.17 bits per heavy atom. The SMILES string of the molecule is CCCCCCCC/C=C/CCCCCCCCCCCCCCCC(=O)NC(COP(=O)(O)OCC(O)COC(=O)CCCCCCCCCCCCCCCCCCCC)C(=O)O. The number of rotatable bonds is 52. The minimum atomic E-state index is -4.76. The van der Waals surface area contributed by atoms with E-state index in [0.29, 0.717) is 12.8 Å². The summed E-state index contributed by atoms with van der Waals surface area (Å²) in [6, 6.07) is -1.54. The van der Waals surface area contributed by atoms with E-state index in [2.05, 4.69) is 31.3 Å². The molecular weight excluding hydrogens is 842 g/mol. The van der Waals surface area contributed by atoms with Gasteiger partial charge in [-0.2, -0.15) is 0 Å². The first-order chi connectivity index (χ1) is 31.6. The van der Waals surface area contributed by atoms with E-state index in [0.717, 1.165) is 38.5 Å². The predicted octanol–water partition coefficient (Wildman–Crippen LogP) is 15.2. The molecule has 0 spiro atoms. The van der Waals surface area contributed by atoms with Gasteiger partial charge < -0.3 is 25.2 Å². The molecule has 12 heteroatoms. The number of amides is 1. The molecule has 0 aromatic heterocycles. The van der Waals surface area contributed by atoms with E-state index in [9.17, 15) is 34.1 Å². The summed E-state index contributed by atoms with van der Waals surface area (Å²) in [5.74, 6) is -2.35. The van der Waals surface area contributed by atoms with E-state index >= 15 is 0 Å². The van der Waals surface area contributed by atoms with Crippen LogP contribution in [0, 0.1) is 0 Å². The Bertz CT molecular complexity index is 1150. The van der Waals surface area contributed by atoms with Crippen LogP contribution in [0.15, 0.2) is 12.2 Å². The summed E-state index contributed by atoms with van der Waals surface area (Å²) in [6.07, 6.45) is 52.3. The molecule has 0 aliphatic carbocycles. The van der Waals surface area contributed by atoms with Crippen LogP contribution in [0.2, 0.25) is 0 Å². The number of hydrogen-bond donors (Lipinski definition) is 4. The average molecular weight is 944 g/mol. The van der Waals surface area contributed by atoms with E-state index in [1.165, 1.54) is 199 Å². The lowest BCUT2D eigenvalue weighted by molar-refractivity contribution is -0.147. The summed E-state index contributed by atoms with van der Waals surface area (Å²) >= 11 is 0. The molecule has 0 aliphatic heterocycles. The fraction of sp³-hybridized carbons (Fsp3) is 0.906. The molecule has 0 rings (SSSR count). The van der Waals surface area contributed by atoms with Crippen LogP contribution in [-0.2, 0) is 32.7 Å². The van der Waals surface area contributed by atoms with Crippen molar-refractivity contribution < 1.29 is 47.8 Å². The third kappa shape index (κ3) is 48.5. The molecule has 3 atom stereocenters. The summed E-state index contributed by atoms with van der Waals surface area (Å²) < 4.78 is 27.0. The second-order valence-corrected chi connectivity index (χ2v) is 20.2. The molecular formula is C53H102NO10P. The topological polar surface area (TPSA) is 169 Å². The Hall–Kier alpha value is -1.78. The molecule has 0 radical (unpaired) electrons. The Morgan fingerprint density at radius 1 is 0.477 bits per heavy atom. The highest BCUT2D eigenvalue weighted by Crippen LogP contribution is 2.43. The predicted molar refractivity (Wildman–Crippen MR) is 268 cm³/mol. The Morgan fingerprint density at radius 2 is 0.800 bits per heavy atom. The number of nitrogens with one attached hydrogen (secondary N) is 1. The number of carbonyl (C=O) groups excluding carboxylic acids is 2. The number of aliphatic carboxylic acids is 1. The maximum absolute atomic E-state index is 12.4. The highest BCUT2D eigenvalue weighted by molar-refractivity contribution is 7.47. The fourth-order valence-corrected chi connectivity index (χ4v) is 8.85. The molecule has 3 unspecified atom stereocenters. The van der Waals surface area contributed by atoms with Crippen LogP contribution >= 0.6 is 7.82 Å². The maximum atomic E-state index is 12.4. The Labute approximate surface area is 398 Å². The van der Waals surface area contributed by atoms with Gasteiger partial charge in [-0.1, -0.05) is 238 Å². The van der Waals surface area contributed by atoms with Gasteiger partial charge in [0.15, 0.2) is 6.04 Å². The van der Waals surface area contributed by atoms with E-state index in [-0.39, 0.29) is 12.8 Å². The van der Waals surface area contributed by atoms with Gasteiger partial charge in [-0.15, -0.1) is 0 Å². The molecule has 0 bridgehead atoms. The molecule has 0 aromatic carbocycles. The van der Waals surface area contributed by atoms with Gasteiger partial charge in [0.1, 0.15) is 12.7 Å². The van der Waals surface area contributed by atoms with Gasteiger partial charge in [-0.05, 0) is 38.5 Å². The van der Waals surface area contributed by atoms with Crippen molar-refractivity contribution in [3.8, 4) is 0 Å². The maximum Gasteiger partial charge on any atom is 0.472 e. The number of carbonyl (C=O) groups is 3. The zero-order valence-electron chi connectivity index (χ0n) is 42.1. The first kappa shape index (κ1) is 63.2. The van der Waals surface area contributed by atoms with Gasteiger partial charge in [0.25, 0.3) is 0 Å². The number of allylic oxidation sites excluding steroid dienone is 2. The number of carboxylic acid groups (broad SMARTS) is 1. The number of aliphatic hydroxyl groups excluding tert-OH is 1. The lowest BCUT2D eigenvalue weighted by atomic mass is 10.0. The lowest BCUT2D eigenvalue weighted by Crippen LogP contribution is -2.43. The molecule has 11 nitrogen and oxygen atoms in total. The summed E-state index contributed by atoms with van der Waals surface area (Å²) in [5.41, 5.74) is 0. The monoisotopic (exact) mass is 944 g/mol. The fourth-order valence-electron chi connectivity index (χ4n) is 8.08. The molecule has 1 amide bonds. The van der Waals surface area contributed by atoms with Crippen molar-refractivity contribution in [2.75, 3.05) is 19.8 Å². The standard InChI is InChI=1S/C53H102NO10P/c1-3-5-7-9-11-13-15-17-19-21-23-24-25-26-27-28-30-32-34-36-38-40-42-44-51(56)54-50(53(58)59)48-64-65(60,61)63-47-49(55)46-62-52(57)45-43-41-39-37-35-33-31-29-22-20-18-16-14-12-10-8-6-4-2/h17,19,49-50,55H,3-16,18,20-48H2,1-2H3,(H,54,56)(H,58,59)(H,60,61)/b19-17+. The van der Waals surface area contributed by atoms with Gasteiger partial charge >= 0.3 is 19.8 Å². The molecule has 65 heavy (non-hydrogen) atoms. The van der Waals surface area contributed by atoms with E-state index < -0.39 is 57.6 Å². The number of carboxylic acids is 1. The number of unbranched alkanes of at least 4 members (excludes halogenated alkanes) is 36. The largest absolute Gasteiger partial charge is 0.480 e. The van der Waals surface area contributed by atoms with Crippen molar-refractivity contribution in [2.45, 2.75) is 289 Å². The van der Waals surface area contributed by atoms with E-state index in [1.54, 1.807) is 0 Å². The van der Waals surface area contributed by atoms with Crippen molar-refractivity contribution in [3.63, 3.8) is 0 Å². The van der Waals surface area contributed by atoms with Gasteiger partial charge in [-0.25, -0.2) is 9.36 Å². The number of ether oxygens (including phenoxy) is 1. The molecule has 0 saturated carbocycles. The minimum Gasteiger partial charge on any atom is -0.480 e. The quantitative estimate of drug-likeness (QED) is 0.0199. The molecule has 384 valence electrons. The van der Waals surface area contributed by atoms with Crippen molar-refractivity contribution in [3.05, 3.63) is 12.2 Å². The number of hydrogen-bond acceptors (Lipinski definition) is 8. The van der Waals surface area contributed by atoms with Crippen LogP contribution in [-0.4, -0.2) is 64.9 Å². The zero-order chi connectivity index (χ0) is 47.7. The van der Waals surface area contributed by atoms with Crippen molar-refractivity contribution >= 4 is 25.7 Å². The van der Waals surface area contributed by atoms with Crippen LogP contribution in [0.5, 0.6) is 0 Å². The highest BCUT2D eigenvalue weighted by atomic mass is 31.2. The first-order valence-corrected chi connectivity index (χ1v) is 28.7. The van der Waals surface area contributed by atoms with Gasteiger partial charge in [0.05, 0.1) is 13.2 Å². The zero-order valence-corrected chi connectivity index (χ0v) is 43.0. The second-order valence-electron chi connectivity index (χ2n) is 18.8. The van der Waals surface area contributed by atoms with Gasteiger partial charge in [0.2, 0.25) is 5.91 Å². The number of phosphoric acid groups is 1. The molecule has 0 saturated heterocycles. The third-order valence-electron chi connectivity index (χ3n) is 12.3. The normalized spacial score (nSPS) is 13.5. The molecule has 4 N–H and O–H groups in total. The van der Waals surface area contributed by atoms with Crippen LogP contribution < -0.4 is 5.32 Å². The third-order valence-corrected chi connectivity index (χ3v) is 13.3. The second kappa shape index (κ2) is 48.7. The summed E-state index contributed by atoms with van der Waals surface area (Å²) in [7, 11) is -4.76. The van der Waals surface area contributed by atoms with Crippen molar-refractivity contribution in [1.29, 1.82) is 0 Å². The van der Waals surface area contributed by atoms with Crippen molar-refractivity contribution in [1.82, 2.24) is 5.32 Å². The average Bonchev–Trinajstić information content (AvgIpc) is 3.28. The number of phosphoric ester groups is 1. The summed E-state index contributed by atoms with van der Waals surface area (Å²) in [6.45, 7) is 2.65. The van der Waals surface area contributed by atoms with Crippen LogP contribution in [0.4, 0.5) is 0 Å².